The van der Waals surface area contributed by atoms with Gasteiger partial charge in [0.05, 0.1) is 0 Å². The first-order chi connectivity index (χ1) is 6.97. The summed E-state index contributed by atoms with van der Waals surface area (Å²) in [5.41, 5.74) is 0.0119. The molecule has 1 rings (SSSR count). The normalized spacial score (nSPS) is 21.1. The highest BCUT2D eigenvalue weighted by atomic mass is 16.2. The van der Waals surface area contributed by atoms with Crippen LogP contribution >= 0.6 is 0 Å². The van der Waals surface area contributed by atoms with Crippen molar-refractivity contribution in [2.75, 3.05) is 6.54 Å². The summed E-state index contributed by atoms with van der Waals surface area (Å²) in [6.45, 7) is 10.8. The maximum Gasteiger partial charge on any atom is 0.318 e. The van der Waals surface area contributed by atoms with E-state index in [0.717, 1.165) is 25.8 Å². The molecule has 0 aromatic heterocycles. The van der Waals surface area contributed by atoms with Crippen LogP contribution in [-0.4, -0.2) is 29.1 Å². The SMILES string of the molecule is C=CCC(C)NC(=O)N1CCCC1(C)C. The Kier molecular flexibility index (Phi) is 3.77. The van der Waals surface area contributed by atoms with Crippen molar-refractivity contribution in [3.63, 3.8) is 0 Å². The van der Waals surface area contributed by atoms with Crippen LogP contribution in [0.25, 0.3) is 0 Å². The number of nitrogens with zero attached hydrogens (tertiary/aromatic N) is 1. The predicted octanol–water partition coefficient (Wildman–Crippen LogP) is 2.54. The molecule has 1 unspecified atom stereocenters. The van der Waals surface area contributed by atoms with Gasteiger partial charge < -0.3 is 10.2 Å². The second-order valence-electron chi connectivity index (χ2n) is 4.94. The van der Waals surface area contributed by atoms with Crippen molar-refractivity contribution < 1.29 is 4.79 Å². The van der Waals surface area contributed by atoms with Crippen LogP contribution in [0.3, 0.4) is 0 Å². The molecular weight excluding hydrogens is 188 g/mol. The summed E-state index contributed by atoms with van der Waals surface area (Å²) >= 11 is 0. The summed E-state index contributed by atoms with van der Waals surface area (Å²) in [6.07, 6.45) is 4.85. The van der Waals surface area contributed by atoms with Crippen LogP contribution < -0.4 is 5.32 Å². The molecule has 0 radical (unpaired) electrons. The first-order valence-corrected chi connectivity index (χ1v) is 5.66. The minimum Gasteiger partial charge on any atom is -0.335 e. The molecule has 1 aliphatic rings. The Balaban J connectivity index is 2.50. The molecule has 1 fully saturated rings. The minimum atomic E-state index is 0.0119. The van der Waals surface area contributed by atoms with Gasteiger partial charge in [-0.2, -0.15) is 0 Å². The maximum absolute atomic E-state index is 11.9. The molecule has 0 spiro atoms. The third kappa shape index (κ3) is 2.98. The highest BCUT2D eigenvalue weighted by Crippen LogP contribution is 2.27. The number of likely N-dealkylation sites (tertiary alicyclic amines) is 1. The number of amides is 2. The van der Waals surface area contributed by atoms with Crippen molar-refractivity contribution in [1.82, 2.24) is 10.2 Å². The van der Waals surface area contributed by atoms with Gasteiger partial charge in [-0.15, -0.1) is 6.58 Å². The zero-order valence-corrected chi connectivity index (χ0v) is 10.0. The Morgan fingerprint density at radius 3 is 2.80 bits per heavy atom. The number of urea groups is 1. The van der Waals surface area contributed by atoms with Gasteiger partial charge in [0, 0.05) is 18.1 Å². The molecule has 0 saturated carbocycles. The lowest BCUT2D eigenvalue weighted by Gasteiger charge is -2.32. The van der Waals surface area contributed by atoms with Crippen molar-refractivity contribution in [2.24, 2.45) is 0 Å². The number of hydrogen-bond donors (Lipinski definition) is 1. The monoisotopic (exact) mass is 210 g/mol. The zero-order valence-electron chi connectivity index (χ0n) is 10.0. The Morgan fingerprint density at radius 1 is 1.67 bits per heavy atom. The van der Waals surface area contributed by atoms with Gasteiger partial charge in [0.15, 0.2) is 0 Å². The summed E-state index contributed by atoms with van der Waals surface area (Å²) in [5, 5.41) is 2.99. The summed E-state index contributed by atoms with van der Waals surface area (Å²) in [6, 6.07) is 0.234. The van der Waals surface area contributed by atoms with E-state index in [2.05, 4.69) is 25.7 Å². The fraction of sp³-hybridized carbons (Fsp3) is 0.750. The average Bonchev–Trinajstić information content (AvgIpc) is 2.45. The van der Waals surface area contributed by atoms with E-state index in [4.69, 9.17) is 0 Å². The summed E-state index contributed by atoms with van der Waals surface area (Å²) in [7, 11) is 0. The second kappa shape index (κ2) is 4.69. The van der Waals surface area contributed by atoms with E-state index in [-0.39, 0.29) is 17.6 Å². The molecule has 3 heteroatoms. The van der Waals surface area contributed by atoms with Crippen LogP contribution in [-0.2, 0) is 0 Å². The van der Waals surface area contributed by atoms with Crippen LogP contribution in [0.5, 0.6) is 0 Å². The standard InChI is InChI=1S/C12H22N2O/c1-5-7-10(2)13-11(15)14-9-6-8-12(14,3)4/h5,10H,1,6-9H2,2-4H3,(H,13,15). The van der Waals surface area contributed by atoms with Gasteiger partial charge in [0.25, 0.3) is 0 Å². The van der Waals surface area contributed by atoms with Crippen LogP contribution in [0.4, 0.5) is 4.79 Å². The smallest absolute Gasteiger partial charge is 0.318 e. The van der Waals surface area contributed by atoms with Gasteiger partial charge in [-0.1, -0.05) is 6.08 Å². The van der Waals surface area contributed by atoms with Crippen LogP contribution in [0.2, 0.25) is 0 Å². The van der Waals surface area contributed by atoms with E-state index in [1.807, 2.05) is 17.9 Å². The molecule has 0 aliphatic carbocycles. The lowest BCUT2D eigenvalue weighted by Crippen LogP contribution is -2.50. The summed E-state index contributed by atoms with van der Waals surface area (Å²) in [4.78, 5) is 13.9. The molecule has 15 heavy (non-hydrogen) atoms. The van der Waals surface area contributed by atoms with Crippen molar-refractivity contribution in [2.45, 2.75) is 51.6 Å². The van der Waals surface area contributed by atoms with E-state index in [1.54, 1.807) is 0 Å². The molecule has 1 N–H and O–H groups in total. The molecule has 0 aromatic carbocycles. The topological polar surface area (TPSA) is 32.3 Å². The molecule has 0 bridgehead atoms. The van der Waals surface area contributed by atoms with E-state index in [1.165, 1.54) is 0 Å². The molecular formula is C12H22N2O. The van der Waals surface area contributed by atoms with E-state index in [9.17, 15) is 4.79 Å². The van der Waals surface area contributed by atoms with Gasteiger partial charge >= 0.3 is 6.03 Å². The average molecular weight is 210 g/mol. The van der Waals surface area contributed by atoms with Crippen LogP contribution in [0.1, 0.15) is 40.0 Å². The molecule has 1 aliphatic heterocycles. The van der Waals surface area contributed by atoms with Crippen LogP contribution in [0.15, 0.2) is 12.7 Å². The number of carbonyl (C=O) groups is 1. The van der Waals surface area contributed by atoms with Gasteiger partial charge in [-0.05, 0) is 40.0 Å². The number of rotatable bonds is 3. The largest absolute Gasteiger partial charge is 0.335 e. The first-order valence-electron chi connectivity index (χ1n) is 5.66. The molecule has 2 amide bonds. The fourth-order valence-electron chi connectivity index (χ4n) is 2.08. The lowest BCUT2D eigenvalue weighted by molar-refractivity contribution is 0.162. The minimum absolute atomic E-state index is 0.0119. The number of nitrogens with one attached hydrogen (secondary N) is 1. The van der Waals surface area contributed by atoms with E-state index in [0.29, 0.717) is 0 Å². The van der Waals surface area contributed by atoms with Crippen molar-refractivity contribution >= 4 is 6.03 Å². The quantitative estimate of drug-likeness (QED) is 0.713. The molecule has 3 nitrogen and oxygen atoms in total. The summed E-state index contributed by atoms with van der Waals surface area (Å²) in [5.74, 6) is 0. The fourth-order valence-corrected chi connectivity index (χ4v) is 2.08. The highest BCUT2D eigenvalue weighted by Gasteiger charge is 2.35. The molecule has 1 saturated heterocycles. The van der Waals surface area contributed by atoms with E-state index >= 15 is 0 Å². The van der Waals surface area contributed by atoms with Gasteiger partial charge in [0.1, 0.15) is 0 Å². The number of hydrogen-bond acceptors (Lipinski definition) is 1. The molecule has 1 atom stereocenters. The van der Waals surface area contributed by atoms with E-state index < -0.39 is 0 Å². The third-order valence-corrected chi connectivity index (χ3v) is 3.04. The predicted molar refractivity (Wildman–Crippen MR) is 62.8 cm³/mol. The Labute approximate surface area is 92.5 Å². The first kappa shape index (κ1) is 12.1. The van der Waals surface area contributed by atoms with Crippen molar-refractivity contribution in [1.29, 1.82) is 0 Å². The third-order valence-electron chi connectivity index (χ3n) is 3.04. The van der Waals surface area contributed by atoms with Gasteiger partial charge in [-0.3, -0.25) is 0 Å². The maximum atomic E-state index is 11.9. The van der Waals surface area contributed by atoms with Crippen molar-refractivity contribution in [3.8, 4) is 0 Å². The summed E-state index contributed by atoms with van der Waals surface area (Å²) < 4.78 is 0. The Bertz CT molecular complexity index is 248. The molecule has 0 aromatic rings. The lowest BCUT2D eigenvalue weighted by atomic mass is 10.0. The van der Waals surface area contributed by atoms with Crippen LogP contribution in [0, 0.1) is 0 Å². The highest BCUT2D eigenvalue weighted by molar-refractivity contribution is 5.75. The Morgan fingerprint density at radius 2 is 2.33 bits per heavy atom. The Hall–Kier alpha value is -0.990. The molecule has 86 valence electrons. The second-order valence-corrected chi connectivity index (χ2v) is 4.94. The molecule has 1 heterocycles. The number of carbonyl (C=O) groups excluding carboxylic acids is 1. The van der Waals surface area contributed by atoms with Gasteiger partial charge in [-0.25, -0.2) is 4.79 Å². The van der Waals surface area contributed by atoms with Gasteiger partial charge in [0.2, 0.25) is 0 Å². The van der Waals surface area contributed by atoms with Crippen molar-refractivity contribution in [3.05, 3.63) is 12.7 Å². The zero-order chi connectivity index (χ0) is 11.5.